The van der Waals surface area contributed by atoms with E-state index in [0.29, 0.717) is 11.4 Å². The number of phosphoric ester groups is 1. The second-order valence-corrected chi connectivity index (χ2v) is 13.2. The van der Waals surface area contributed by atoms with Crippen LogP contribution >= 0.6 is 15.4 Å². The van der Waals surface area contributed by atoms with Gasteiger partial charge < -0.3 is 29.7 Å². The minimum atomic E-state index is -5.25. The molecule has 2 aromatic carbocycles. The van der Waals surface area contributed by atoms with Gasteiger partial charge in [0, 0.05) is 23.6 Å². The zero-order chi connectivity index (χ0) is 33.3. The van der Waals surface area contributed by atoms with Crippen LogP contribution in [-0.2, 0) is 32.2 Å². The molecule has 6 atom stereocenters. The van der Waals surface area contributed by atoms with Crippen molar-refractivity contribution >= 4 is 39.0 Å². The Morgan fingerprint density at radius 2 is 1.48 bits per heavy atom. The quantitative estimate of drug-likeness (QED) is 0.141. The summed E-state index contributed by atoms with van der Waals surface area (Å²) < 4.78 is 52.0. The summed E-state index contributed by atoms with van der Waals surface area (Å²) in [4.78, 5) is 72.5. The van der Waals surface area contributed by atoms with Gasteiger partial charge in [-0.1, -0.05) is 36.4 Å². The lowest BCUT2D eigenvalue weighted by atomic mass is 10.1. The van der Waals surface area contributed by atoms with Crippen LogP contribution in [0.1, 0.15) is 12.6 Å². The molecular weight excluding hydrogens is 652 g/mol. The van der Waals surface area contributed by atoms with Gasteiger partial charge in [-0.05, 0) is 37.2 Å². The van der Waals surface area contributed by atoms with Crippen molar-refractivity contribution in [2.24, 2.45) is 5.73 Å². The van der Waals surface area contributed by atoms with E-state index in [2.05, 4.69) is 14.9 Å². The number of hydrogen-bond acceptors (Lipinski definition) is 12. The summed E-state index contributed by atoms with van der Waals surface area (Å²) >= 11 is 0. The van der Waals surface area contributed by atoms with Crippen LogP contribution in [0.3, 0.4) is 0 Å². The van der Waals surface area contributed by atoms with Crippen molar-refractivity contribution in [1.29, 1.82) is 0 Å². The molecule has 248 valence electrons. The number of aromatic nitrogens is 2. The molecule has 0 radical (unpaired) electrons. The summed E-state index contributed by atoms with van der Waals surface area (Å²) in [7, 11) is -9.86. The smallest absolute Gasteiger partial charge is 0.439 e. The monoisotopic (exact) mass is 683 g/mol. The Balaban J connectivity index is 1.64. The van der Waals surface area contributed by atoms with Crippen molar-refractivity contribution in [3.8, 4) is 0 Å². The third-order valence-electron chi connectivity index (χ3n) is 6.21. The molecule has 2 amide bonds. The van der Waals surface area contributed by atoms with Crippen LogP contribution in [0.25, 0.3) is 0 Å². The van der Waals surface area contributed by atoms with Crippen molar-refractivity contribution in [3.05, 3.63) is 93.8 Å². The Hall–Kier alpha value is -4.12. The van der Waals surface area contributed by atoms with Crippen molar-refractivity contribution in [2.75, 3.05) is 29.9 Å². The predicted octanol–water partition coefficient (Wildman–Crippen LogP) is 2.34. The maximum Gasteiger partial charge on any atom is 0.479 e. The SMILES string of the molecule is NCCCP(=O)(O)OP(=O)(O)OC[C@H]1O[C@@H](n2ccc(=O)[nH]c2=O)[C@@H](OC(=O)Nc2ccccc2)C1OC(=O)Nc1ccccc1. The largest absolute Gasteiger partial charge is 0.479 e. The second kappa shape index (κ2) is 15.4. The van der Waals surface area contributed by atoms with E-state index >= 15 is 0 Å². The first-order chi connectivity index (χ1) is 21.9. The first kappa shape index (κ1) is 34.7. The number of rotatable bonds is 13. The summed E-state index contributed by atoms with van der Waals surface area (Å²) in [6.45, 7) is -0.933. The minimum Gasteiger partial charge on any atom is -0.439 e. The number of amides is 2. The van der Waals surface area contributed by atoms with E-state index in [1.165, 1.54) is 0 Å². The number of aromatic amines is 1. The van der Waals surface area contributed by atoms with Crippen molar-refractivity contribution in [3.63, 3.8) is 0 Å². The highest BCUT2D eigenvalue weighted by Crippen LogP contribution is 2.60. The maximum absolute atomic E-state index is 13.0. The van der Waals surface area contributed by atoms with Crippen LogP contribution in [0, 0.1) is 0 Å². The standard InChI is InChI=1S/C26H31N5O13P2/c27-13-7-15-45(36,37)44-46(38,39)40-16-19-21(42-25(34)28-17-8-3-1-4-9-17)22(43-26(35)29-18-10-5-2-6-11-18)23(41-19)31-14-12-20(32)30-24(31)33/h1-6,8-12,14,19,21-23H,7,13,15-16,27H2,(H,28,34)(H,29,35)(H,36,37)(H,38,39)(H,30,32,33)/t19-,21?,22+,23-/m1/s1. The summed E-state index contributed by atoms with van der Waals surface area (Å²) in [5.74, 6) is 0. The number of H-pyrrole nitrogens is 1. The predicted molar refractivity (Wildman–Crippen MR) is 161 cm³/mol. The van der Waals surface area contributed by atoms with E-state index in [9.17, 15) is 38.1 Å². The van der Waals surface area contributed by atoms with Gasteiger partial charge >= 0.3 is 33.3 Å². The zero-order valence-electron chi connectivity index (χ0n) is 23.9. The summed E-state index contributed by atoms with van der Waals surface area (Å²) in [6.07, 6.45) is -8.10. The van der Waals surface area contributed by atoms with Crippen LogP contribution in [0.15, 0.2) is 82.5 Å². The molecule has 3 unspecified atom stereocenters. The molecule has 46 heavy (non-hydrogen) atoms. The van der Waals surface area contributed by atoms with E-state index in [0.717, 1.165) is 16.8 Å². The fourth-order valence-corrected chi connectivity index (χ4v) is 6.95. The Morgan fingerprint density at radius 3 is 2.02 bits per heavy atom. The number of para-hydroxylation sites is 2. The van der Waals surface area contributed by atoms with E-state index in [4.69, 9.17) is 24.5 Å². The number of carbonyl (C=O) groups excluding carboxylic acids is 2. The molecule has 0 bridgehead atoms. The van der Waals surface area contributed by atoms with E-state index in [-0.39, 0.29) is 13.0 Å². The molecule has 1 aliphatic rings. The lowest BCUT2D eigenvalue weighted by Gasteiger charge is -2.25. The molecule has 0 spiro atoms. The molecular formula is C26H31N5O13P2. The van der Waals surface area contributed by atoms with Gasteiger partial charge in [0.05, 0.1) is 12.8 Å². The number of benzene rings is 2. The number of ether oxygens (including phenoxy) is 3. The van der Waals surface area contributed by atoms with Gasteiger partial charge in [-0.2, -0.15) is 0 Å². The van der Waals surface area contributed by atoms with Gasteiger partial charge in [0.15, 0.2) is 18.4 Å². The van der Waals surface area contributed by atoms with Crippen molar-refractivity contribution < 1.29 is 51.6 Å². The first-order valence-corrected chi connectivity index (χ1v) is 16.8. The zero-order valence-corrected chi connectivity index (χ0v) is 25.7. The fraction of sp³-hybridized carbons (Fsp3) is 0.308. The van der Waals surface area contributed by atoms with Crippen LogP contribution in [0.5, 0.6) is 0 Å². The number of nitrogens with one attached hydrogen (secondary N) is 3. The lowest BCUT2D eigenvalue weighted by molar-refractivity contribution is -0.0552. The molecule has 1 fully saturated rings. The molecule has 2 heterocycles. The van der Waals surface area contributed by atoms with E-state index in [1.54, 1.807) is 60.7 Å². The Bertz CT molecular complexity index is 1710. The number of hydrogen-bond donors (Lipinski definition) is 6. The molecule has 20 heteroatoms. The Labute approximate surface area is 260 Å². The summed E-state index contributed by atoms with van der Waals surface area (Å²) in [5.41, 5.74) is 4.20. The Kier molecular flexibility index (Phi) is 11.7. The van der Waals surface area contributed by atoms with Gasteiger partial charge in [0.25, 0.3) is 5.56 Å². The van der Waals surface area contributed by atoms with Crippen LogP contribution in [-0.4, -0.2) is 69.1 Å². The second-order valence-electron chi connectivity index (χ2n) is 9.65. The highest BCUT2D eigenvalue weighted by molar-refractivity contribution is 7.64. The van der Waals surface area contributed by atoms with Crippen molar-refractivity contribution in [1.82, 2.24) is 9.55 Å². The number of carbonyl (C=O) groups is 2. The van der Waals surface area contributed by atoms with Crippen LogP contribution < -0.4 is 27.6 Å². The van der Waals surface area contributed by atoms with E-state index in [1.807, 2.05) is 4.98 Å². The summed E-state index contributed by atoms with van der Waals surface area (Å²) in [6, 6.07) is 17.1. The average molecular weight is 684 g/mol. The molecule has 18 nitrogen and oxygen atoms in total. The molecule has 3 aromatic rings. The lowest BCUT2D eigenvalue weighted by Crippen LogP contribution is -2.44. The van der Waals surface area contributed by atoms with Gasteiger partial charge in [-0.3, -0.25) is 34.1 Å². The van der Waals surface area contributed by atoms with Crippen LogP contribution in [0.4, 0.5) is 21.0 Å². The molecule has 1 saturated heterocycles. The number of phosphoric acid groups is 1. The topological polar surface area (TPSA) is 260 Å². The van der Waals surface area contributed by atoms with Gasteiger partial charge in [0.1, 0.15) is 6.10 Å². The minimum absolute atomic E-state index is 0.00557. The fourth-order valence-electron chi connectivity index (χ4n) is 4.23. The first-order valence-electron chi connectivity index (χ1n) is 13.6. The van der Waals surface area contributed by atoms with Crippen molar-refractivity contribution in [2.45, 2.75) is 31.0 Å². The average Bonchev–Trinajstić information content (AvgIpc) is 3.31. The van der Waals surface area contributed by atoms with Gasteiger partial charge in [-0.25, -0.2) is 23.3 Å². The third-order valence-corrected chi connectivity index (χ3v) is 9.42. The molecule has 4 rings (SSSR count). The number of nitrogens with two attached hydrogens (primary N) is 1. The van der Waals surface area contributed by atoms with Crippen LogP contribution in [0.2, 0.25) is 0 Å². The highest BCUT2D eigenvalue weighted by atomic mass is 31.3. The molecule has 0 saturated carbocycles. The number of nitrogens with zero attached hydrogens (tertiary/aromatic N) is 1. The maximum atomic E-state index is 13.0. The van der Waals surface area contributed by atoms with E-state index < -0.39 is 76.2 Å². The Morgan fingerprint density at radius 1 is 0.913 bits per heavy atom. The normalized spacial score (nSPS) is 21.8. The molecule has 0 aliphatic carbocycles. The molecule has 1 aliphatic heterocycles. The van der Waals surface area contributed by atoms with Gasteiger partial charge in [0.2, 0.25) is 0 Å². The van der Waals surface area contributed by atoms with Gasteiger partial charge in [-0.15, -0.1) is 0 Å². The molecule has 7 N–H and O–H groups in total. The highest BCUT2D eigenvalue weighted by Gasteiger charge is 2.52. The summed E-state index contributed by atoms with van der Waals surface area (Å²) in [5, 5.41) is 4.93. The number of anilines is 2. The molecule has 1 aromatic heterocycles. The third kappa shape index (κ3) is 9.94.